The van der Waals surface area contributed by atoms with Crippen molar-refractivity contribution in [1.82, 2.24) is 25.1 Å². The van der Waals surface area contributed by atoms with Crippen LogP contribution in [0.2, 0.25) is 0 Å². The molecule has 2 aromatic heterocycles. The zero-order valence-corrected chi connectivity index (χ0v) is 13.8. The molecule has 0 N–H and O–H groups in total. The molecule has 1 saturated heterocycles. The Labute approximate surface area is 148 Å². The summed E-state index contributed by atoms with van der Waals surface area (Å²) in [4.78, 5) is 14.6. The first kappa shape index (κ1) is 14.8. The van der Waals surface area contributed by atoms with E-state index in [0.29, 0.717) is 24.4 Å². The van der Waals surface area contributed by atoms with Crippen LogP contribution >= 0.6 is 0 Å². The lowest BCUT2D eigenvalue weighted by atomic mass is 10.0. The van der Waals surface area contributed by atoms with Crippen LogP contribution in [0.5, 0.6) is 0 Å². The summed E-state index contributed by atoms with van der Waals surface area (Å²) in [5.41, 5.74) is 2.31. The molecule has 0 saturated carbocycles. The molecule has 4 aromatic rings. The fourth-order valence-corrected chi connectivity index (χ4v) is 3.26. The van der Waals surface area contributed by atoms with Crippen LogP contribution in [0.25, 0.3) is 22.2 Å². The van der Waals surface area contributed by atoms with Gasteiger partial charge in [-0.15, -0.1) is 5.10 Å². The van der Waals surface area contributed by atoms with Crippen molar-refractivity contribution in [3.63, 3.8) is 0 Å². The standard InChI is InChI=1S/C19H15N5O2/c25-19(23-11-15(12-23)24-9-8-20-22-24)14-6-7-17-16(10-14)18(26-21-17)13-4-2-1-3-5-13/h1-10,15H,11-12H2. The Morgan fingerprint density at radius 2 is 1.96 bits per heavy atom. The number of amides is 1. The SMILES string of the molecule is O=C(c1ccc2noc(-c3ccccc3)c2c1)N1CC(n2ccnn2)C1. The zero-order chi connectivity index (χ0) is 17.5. The molecule has 128 valence electrons. The van der Waals surface area contributed by atoms with Crippen molar-refractivity contribution < 1.29 is 9.32 Å². The van der Waals surface area contributed by atoms with E-state index in [9.17, 15) is 4.79 Å². The summed E-state index contributed by atoms with van der Waals surface area (Å²) in [6, 6.07) is 15.5. The molecule has 2 aromatic carbocycles. The number of carbonyl (C=O) groups excluding carboxylic acids is 1. The van der Waals surface area contributed by atoms with E-state index in [-0.39, 0.29) is 11.9 Å². The van der Waals surface area contributed by atoms with E-state index in [0.717, 1.165) is 16.5 Å². The smallest absolute Gasteiger partial charge is 0.254 e. The minimum absolute atomic E-state index is 0.00322. The average Bonchev–Trinajstić information content (AvgIpc) is 3.30. The molecular weight excluding hydrogens is 330 g/mol. The number of benzene rings is 2. The number of hydrogen-bond donors (Lipinski definition) is 0. The van der Waals surface area contributed by atoms with Gasteiger partial charge in [0.05, 0.1) is 17.6 Å². The highest BCUT2D eigenvalue weighted by Gasteiger charge is 2.33. The number of aromatic nitrogens is 4. The summed E-state index contributed by atoms with van der Waals surface area (Å²) in [5.74, 6) is 0.683. The Morgan fingerprint density at radius 1 is 1.12 bits per heavy atom. The lowest BCUT2D eigenvalue weighted by molar-refractivity contribution is 0.0498. The van der Waals surface area contributed by atoms with Crippen molar-refractivity contribution in [3.05, 3.63) is 66.5 Å². The molecule has 7 nitrogen and oxygen atoms in total. The highest BCUT2D eigenvalue weighted by atomic mass is 16.5. The Balaban J connectivity index is 1.42. The van der Waals surface area contributed by atoms with E-state index >= 15 is 0 Å². The maximum absolute atomic E-state index is 12.8. The first-order valence-electron chi connectivity index (χ1n) is 8.39. The van der Waals surface area contributed by atoms with Crippen LogP contribution < -0.4 is 0 Å². The minimum Gasteiger partial charge on any atom is -0.355 e. The fraction of sp³-hybridized carbons (Fsp3) is 0.158. The second-order valence-electron chi connectivity index (χ2n) is 6.36. The van der Waals surface area contributed by atoms with Crippen molar-refractivity contribution in [2.45, 2.75) is 6.04 Å². The molecule has 0 atom stereocenters. The van der Waals surface area contributed by atoms with Crippen LogP contribution in [-0.4, -0.2) is 44.0 Å². The molecule has 0 radical (unpaired) electrons. The van der Waals surface area contributed by atoms with E-state index in [1.165, 1.54) is 0 Å². The molecule has 26 heavy (non-hydrogen) atoms. The third kappa shape index (κ3) is 2.36. The summed E-state index contributed by atoms with van der Waals surface area (Å²) in [6.45, 7) is 1.27. The quantitative estimate of drug-likeness (QED) is 0.571. The van der Waals surface area contributed by atoms with Crippen LogP contribution in [0.1, 0.15) is 16.4 Å². The van der Waals surface area contributed by atoms with E-state index in [4.69, 9.17) is 4.52 Å². The van der Waals surface area contributed by atoms with Gasteiger partial charge in [-0.05, 0) is 18.2 Å². The van der Waals surface area contributed by atoms with Gasteiger partial charge in [0.1, 0.15) is 5.52 Å². The van der Waals surface area contributed by atoms with Gasteiger partial charge in [-0.1, -0.05) is 40.7 Å². The zero-order valence-electron chi connectivity index (χ0n) is 13.8. The molecule has 1 aliphatic heterocycles. The third-order valence-corrected chi connectivity index (χ3v) is 4.72. The predicted octanol–water partition coefficient (Wildman–Crippen LogP) is 2.78. The normalized spacial score (nSPS) is 14.5. The Bertz CT molecular complexity index is 1070. The van der Waals surface area contributed by atoms with Gasteiger partial charge in [0.25, 0.3) is 5.91 Å². The topological polar surface area (TPSA) is 77.0 Å². The van der Waals surface area contributed by atoms with Gasteiger partial charge in [-0.3, -0.25) is 4.79 Å². The Hall–Kier alpha value is -3.48. The van der Waals surface area contributed by atoms with Gasteiger partial charge in [0.15, 0.2) is 5.76 Å². The van der Waals surface area contributed by atoms with Gasteiger partial charge < -0.3 is 9.42 Å². The van der Waals surface area contributed by atoms with Crippen LogP contribution in [-0.2, 0) is 0 Å². The number of likely N-dealkylation sites (tertiary alicyclic amines) is 1. The van der Waals surface area contributed by atoms with E-state index in [1.54, 1.807) is 16.9 Å². The molecule has 1 aliphatic rings. The molecule has 0 aliphatic carbocycles. The monoisotopic (exact) mass is 345 g/mol. The number of carbonyl (C=O) groups is 1. The Kier molecular flexibility index (Phi) is 3.31. The summed E-state index contributed by atoms with van der Waals surface area (Å²) in [7, 11) is 0. The molecular formula is C19H15N5O2. The average molecular weight is 345 g/mol. The van der Waals surface area contributed by atoms with Gasteiger partial charge >= 0.3 is 0 Å². The highest BCUT2D eigenvalue weighted by molar-refractivity contribution is 6.01. The second kappa shape index (κ2) is 5.80. The van der Waals surface area contributed by atoms with Crippen molar-refractivity contribution >= 4 is 16.8 Å². The van der Waals surface area contributed by atoms with Crippen molar-refractivity contribution in [3.8, 4) is 11.3 Å². The van der Waals surface area contributed by atoms with Crippen molar-refractivity contribution in [2.75, 3.05) is 13.1 Å². The van der Waals surface area contributed by atoms with Gasteiger partial charge in [0.2, 0.25) is 0 Å². The molecule has 1 fully saturated rings. The molecule has 0 bridgehead atoms. The molecule has 5 rings (SSSR count). The number of rotatable bonds is 3. The maximum Gasteiger partial charge on any atom is 0.254 e. The van der Waals surface area contributed by atoms with Crippen molar-refractivity contribution in [1.29, 1.82) is 0 Å². The number of nitrogens with zero attached hydrogens (tertiary/aromatic N) is 5. The minimum atomic E-state index is 0.00322. The molecule has 1 amide bonds. The summed E-state index contributed by atoms with van der Waals surface area (Å²) in [5, 5.41) is 12.7. The van der Waals surface area contributed by atoms with E-state index < -0.39 is 0 Å². The summed E-state index contributed by atoms with van der Waals surface area (Å²) >= 11 is 0. The number of hydrogen-bond acceptors (Lipinski definition) is 5. The van der Waals surface area contributed by atoms with Gasteiger partial charge in [-0.25, -0.2) is 4.68 Å². The van der Waals surface area contributed by atoms with Crippen molar-refractivity contribution in [2.24, 2.45) is 0 Å². The first-order valence-corrected chi connectivity index (χ1v) is 8.39. The summed E-state index contributed by atoms with van der Waals surface area (Å²) in [6.07, 6.45) is 3.47. The second-order valence-corrected chi connectivity index (χ2v) is 6.36. The summed E-state index contributed by atoms with van der Waals surface area (Å²) < 4.78 is 7.30. The van der Waals surface area contributed by atoms with E-state index in [1.807, 2.05) is 53.6 Å². The van der Waals surface area contributed by atoms with Crippen LogP contribution in [0.4, 0.5) is 0 Å². The number of fused-ring (bicyclic) bond motifs is 1. The van der Waals surface area contributed by atoms with Crippen LogP contribution in [0.15, 0.2) is 65.4 Å². The maximum atomic E-state index is 12.8. The lowest BCUT2D eigenvalue weighted by Crippen LogP contribution is -2.50. The first-order chi connectivity index (χ1) is 12.8. The van der Waals surface area contributed by atoms with Gasteiger partial charge in [-0.2, -0.15) is 0 Å². The van der Waals surface area contributed by atoms with Crippen LogP contribution in [0, 0.1) is 0 Å². The highest BCUT2D eigenvalue weighted by Crippen LogP contribution is 2.30. The lowest BCUT2D eigenvalue weighted by Gasteiger charge is -2.38. The van der Waals surface area contributed by atoms with Crippen LogP contribution in [0.3, 0.4) is 0 Å². The largest absolute Gasteiger partial charge is 0.355 e. The fourth-order valence-electron chi connectivity index (χ4n) is 3.26. The Morgan fingerprint density at radius 3 is 2.73 bits per heavy atom. The molecule has 0 unspecified atom stereocenters. The third-order valence-electron chi connectivity index (χ3n) is 4.72. The van der Waals surface area contributed by atoms with E-state index in [2.05, 4.69) is 15.5 Å². The molecule has 7 heteroatoms. The predicted molar refractivity (Wildman–Crippen MR) is 94.4 cm³/mol. The van der Waals surface area contributed by atoms with Gasteiger partial charge in [0, 0.05) is 30.4 Å². The molecule has 0 spiro atoms. The molecule has 3 heterocycles.